The highest BCUT2D eigenvalue weighted by Crippen LogP contribution is 2.38. The van der Waals surface area contributed by atoms with Gasteiger partial charge < -0.3 is 4.90 Å². The van der Waals surface area contributed by atoms with Crippen molar-refractivity contribution >= 4 is 21.6 Å². The Kier molecular flexibility index (Phi) is 4.36. The molecule has 25 heavy (non-hydrogen) atoms. The molecule has 4 rings (SSSR count). The van der Waals surface area contributed by atoms with Crippen molar-refractivity contribution in [3.8, 4) is 0 Å². The second-order valence-electron chi connectivity index (χ2n) is 7.78. The smallest absolute Gasteiger partial charge is 0.240 e. The number of sulfonamides is 1. The van der Waals surface area contributed by atoms with E-state index in [4.69, 9.17) is 0 Å². The molecule has 1 aromatic carbocycles. The van der Waals surface area contributed by atoms with Crippen LogP contribution in [0.2, 0.25) is 0 Å². The molecule has 1 aliphatic heterocycles. The van der Waals surface area contributed by atoms with Crippen LogP contribution in [0.5, 0.6) is 0 Å². The van der Waals surface area contributed by atoms with E-state index in [0.717, 1.165) is 62.6 Å². The zero-order valence-corrected chi connectivity index (χ0v) is 15.5. The van der Waals surface area contributed by atoms with E-state index in [9.17, 15) is 13.2 Å². The summed E-state index contributed by atoms with van der Waals surface area (Å²) in [7, 11) is -3.48. The summed E-state index contributed by atoms with van der Waals surface area (Å²) in [5, 5.41) is 0. The topological polar surface area (TPSA) is 66.5 Å². The van der Waals surface area contributed by atoms with E-state index in [2.05, 4.69) is 4.72 Å². The third-order valence-corrected chi connectivity index (χ3v) is 7.46. The van der Waals surface area contributed by atoms with Crippen molar-refractivity contribution in [2.75, 3.05) is 4.90 Å². The van der Waals surface area contributed by atoms with E-state index in [1.807, 2.05) is 17.9 Å². The second kappa shape index (κ2) is 6.40. The van der Waals surface area contributed by atoms with E-state index >= 15 is 0 Å². The molecule has 2 aliphatic carbocycles. The number of carbonyl (C=O) groups is 1. The van der Waals surface area contributed by atoms with Crippen molar-refractivity contribution in [2.24, 2.45) is 5.92 Å². The molecule has 0 saturated heterocycles. The number of amides is 1. The summed E-state index contributed by atoms with van der Waals surface area (Å²) in [6, 6.07) is 5.39. The lowest BCUT2D eigenvalue weighted by molar-refractivity contribution is -0.125. The number of fused-ring (bicyclic) bond motifs is 1. The van der Waals surface area contributed by atoms with Crippen LogP contribution in [0.15, 0.2) is 23.1 Å². The number of anilines is 1. The molecular weight excluding hydrogens is 336 g/mol. The minimum absolute atomic E-state index is 0.0638. The van der Waals surface area contributed by atoms with Gasteiger partial charge in [-0.05, 0) is 62.8 Å². The second-order valence-corrected chi connectivity index (χ2v) is 9.50. The quantitative estimate of drug-likeness (QED) is 0.895. The minimum atomic E-state index is -3.48. The molecule has 1 atom stereocenters. The van der Waals surface area contributed by atoms with E-state index in [1.165, 1.54) is 0 Å². The molecule has 1 heterocycles. The minimum Gasteiger partial charge on any atom is -0.309 e. The summed E-state index contributed by atoms with van der Waals surface area (Å²) < 4.78 is 28.1. The number of carbonyl (C=O) groups excluding carboxylic acids is 1. The predicted molar refractivity (Wildman–Crippen MR) is 97.0 cm³/mol. The number of benzene rings is 1. The Morgan fingerprint density at radius 1 is 1.12 bits per heavy atom. The van der Waals surface area contributed by atoms with Gasteiger partial charge in [-0.15, -0.1) is 0 Å². The van der Waals surface area contributed by atoms with Crippen LogP contribution in [0.1, 0.15) is 57.4 Å². The average Bonchev–Trinajstić information content (AvgIpc) is 3.10. The van der Waals surface area contributed by atoms with Crippen molar-refractivity contribution in [1.82, 2.24) is 4.72 Å². The van der Waals surface area contributed by atoms with Gasteiger partial charge in [0.2, 0.25) is 15.9 Å². The van der Waals surface area contributed by atoms with Gasteiger partial charge in [-0.3, -0.25) is 4.79 Å². The Morgan fingerprint density at radius 2 is 1.84 bits per heavy atom. The number of rotatable bonds is 4. The molecule has 1 amide bonds. The van der Waals surface area contributed by atoms with E-state index < -0.39 is 10.0 Å². The highest BCUT2D eigenvalue weighted by molar-refractivity contribution is 7.89. The van der Waals surface area contributed by atoms with Crippen LogP contribution >= 0.6 is 0 Å². The molecule has 136 valence electrons. The molecule has 1 unspecified atom stereocenters. The van der Waals surface area contributed by atoms with Gasteiger partial charge in [-0.2, -0.15) is 0 Å². The normalized spacial score (nSPS) is 24.4. The van der Waals surface area contributed by atoms with Crippen molar-refractivity contribution in [3.05, 3.63) is 23.8 Å². The maximum Gasteiger partial charge on any atom is 0.240 e. The Balaban J connectivity index is 1.58. The largest absolute Gasteiger partial charge is 0.309 e. The predicted octanol–water partition coefficient (Wildman–Crippen LogP) is 2.99. The standard InChI is InChI=1S/C19H26N2O3S/c1-13-11-15-12-17(25(23,24)20-16-7-2-3-8-16)9-10-18(15)21(13)19(22)14-5-4-6-14/h9-10,12-14,16,20H,2-8,11H2,1H3. The summed E-state index contributed by atoms with van der Waals surface area (Å²) in [6.07, 6.45) is 7.84. The van der Waals surface area contributed by atoms with Crippen LogP contribution in [-0.2, 0) is 21.2 Å². The highest BCUT2D eigenvalue weighted by atomic mass is 32.2. The van der Waals surface area contributed by atoms with Crippen LogP contribution in [0.25, 0.3) is 0 Å². The van der Waals surface area contributed by atoms with Gasteiger partial charge in [0.15, 0.2) is 0 Å². The number of nitrogens with zero attached hydrogens (tertiary/aromatic N) is 1. The lowest BCUT2D eigenvalue weighted by Crippen LogP contribution is -2.42. The monoisotopic (exact) mass is 362 g/mol. The Morgan fingerprint density at radius 3 is 2.48 bits per heavy atom. The lowest BCUT2D eigenvalue weighted by atomic mass is 9.84. The first-order chi connectivity index (χ1) is 12.0. The van der Waals surface area contributed by atoms with Gasteiger partial charge in [-0.25, -0.2) is 13.1 Å². The zero-order chi connectivity index (χ0) is 17.6. The molecule has 0 radical (unpaired) electrons. The Labute approximate surface area is 149 Å². The van der Waals surface area contributed by atoms with Gasteiger partial charge in [0.25, 0.3) is 0 Å². The molecule has 0 spiro atoms. The van der Waals surface area contributed by atoms with E-state index in [-0.39, 0.29) is 23.9 Å². The third-order valence-electron chi connectivity index (χ3n) is 5.95. The van der Waals surface area contributed by atoms with Crippen LogP contribution in [-0.4, -0.2) is 26.4 Å². The van der Waals surface area contributed by atoms with E-state index in [1.54, 1.807) is 12.1 Å². The van der Waals surface area contributed by atoms with Crippen LogP contribution in [0.4, 0.5) is 5.69 Å². The van der Waals surface area contributed by atoms with Gasteiger partial charge in [0, 0.05) is 23.7 Å². The van der Waals surface area contributed by atoms with Crippen molar-refractivity contribution in [2.45, 2.75) is 75.3 Å². The summed E-state index contributed by atoms with van der Waals surface area (Å²) in [6.45, 7) is 2.04. The van der Waals surface area contributed by atoms with Gasteiger partial charge >= 0.3 is 0 Å². The van der Waals surface area contributed by atoms with Crippen LogP contribution < -0.4 is 9.62 Å². The fraction of sp³-hybridized carbons (Fsp3) is 0.632. The van der Waals surface area contributed by atoms with Crippen LogP contribution in [0.3, 0.4) is 0 Å². The SMILES string of the molecule is CC1Cc2cc(S(=O)(=O)NC3CCCC3)ccc2N1C(=O)C1CCC1. The fourth-order valence-corrected chi connectivity index (χ4v) is 5.65. The maximum absolute atomic E-state index is 12.7. The van der Waals surface area contributed by atoms with Gasteiger partial charge in [0.05, 0.1) is 4.90 Å². The summed E-state index contributed by atoms with van der Waals surface area (Å²) >= 11 is 0. The average molecular weight is 362 g/mol. The molecule has 2 saturated carbocycles. The van der Waals surface area contributed by atoms with E-state index in [0.29, 0.717) is 4.90 Å². The molecular formula is C19H26N2O3S. The zero-order valence-electron chi connectivity index (χ0n) is 14.7. The maximum atomic E-state index is 12.7. The first-order valence-corrected chi connectivity index (χ1v) is 10.9. The first kappa shape index (κ1) is 17.0. The molecule has 5 nitrogen and oxygen atoms in total. The van der Waals surface area contributed by atoms with Gasteiger partial charge in [0.1, 0.15) is 0 Å². The lowest BCUT2D eigenvalue weighted by Gasteiger charge is -2.32. The number of nitrogens with one attached hydrogen (secondary N) is 1. The van der Waals surface area contributed by atoms with Gasteiger partial charge in [-0.1, -0.05) is 19.3 Å². The molecule has 3 aliphatic rings. The van der Waals surface area contributed by atoms with Crippen molar-refractivity contribution < 1.29 is 13.2 Å². The fourth-order valence-electron chi connectivity index (χ4n) is 4.29. The molecule has 6 heteroatoms. The number of hydrogen-bond donors (Lipinski definition) is 1. The third kappa shape index (κ3) is 3.10. The number of hydrogen-bond acceptors (Lipinski definition) is 3. The molecule has 2 fully saturated rings. The molecule has 0 bridgehead atoms. The summed E-state index contributed by atoms with van der Waals surface area (Å²) in [5.41, 5.74) is 1.86. The van der Waals surface area contributed by atoms with Crippen molar-refractivity contribution in [3.63, 3.8) is 0 Å². The Hall–Kier alpha value is -1.40. The Bertz CT molecular complexity index is 780. The molecule has 0 aromatic heterocycles. The highest BCUT2D eigenvalue weighted by Gasteiger charge is 2.37. The summed E-state index contributed by atoms with van der Waals surface area (Å²) in [4.78, 5) is 14.9. The summed E-state index contributed by atoms with van der Waals surface area (Å²) in [5.74, 6) is 0.359. The molecule has 1 N–H and O–H groups in total. The van der Waals surface area contributed by atoms with Crippen LogP contribution in [0, 0.1) is 5.92 Å². The molecule has 1 aromatic rings. The van der Waals surface area contributed by atoms with Crippen molar-refractivity contribution in [1.29, 1.82) is 0 Å². The first-order valence-electron chi connectivity index (χ1n) is 9.44.